The number of nitrogens with zero attached hydrogens (tertiary/aromatic N) is 3. The first-order valence-electron chi connectivity index (χ1n) is 7.89. The zero-order valence-corrected chi connectivity index (χ0v) is 13.6. The number of anilines is 2. The summed E-state index contributed by atoms with van der Waals surface area (Å²) in [5, 5.41) is 2.91. The molecule has 5 nitrogen and oxygen atoms in total. The van der Waals surface area contributed by atoms with Gasteiger partial charge < -0.3 is 15.1 Å². The van der Waals surface area contributed by atoms with Crippen molar-refractivity contribution in [2.24, 2.45) is 0 Å². The number of nitrogens with one attached hydrogen (secondary N) is 1. The number of fused-ring (bicyclic) bond motifs is 1. The largest absolute Gasteiger partial charge is 0.349 e. The topological polar surface area (TPSA) is 48.5 Å². The highest BCUT2D eigenvalue weighted by Crippen LogP contribution is 2.34. The third kappa shape index (κ3) is 3.51. The van der Waals surface area contributed by atoms with E-state index in [2.05, 4.69) is 33.4 Å². The van der Waals surface area contributed by atoms with Gasteiger partial charge in [0.2, 0.25) is 0 Å². The van der Waals surface area contributed by atoms with Crippen molar-refractivity contribution in [3.63, 3.8) is 0 Å². The second kappa shape index (κ2) is 6.79. The molecule has 1 aliphatic rings. The third-order valence-electron chi connectivity index (χ3n) is 4.02. The Morgan fingerprint density at radius 2 is 2.13 bits per heavy atom. The minimum atomic E-state index is -0.124. The van der Waals surface area contributed by atoms with E-state index in [0.29, 0.717) is 12.2 Å². The first kappa shape index (κ1) is 15.5. The van der Waals surface area contributed by atoms with Gasteiger partial charge in [-0.25, -0.2) is 0 Å². The number of carbonyl (C=O) groups excluding carboxylic acids is 1. The number of carbonyl (C=O) groups is 1. The molecule has 1 N–H and O–H groups in total. The molecule has 0 spiro atoms. The molecule has 0 aliphatic carbocycles. The third-order valence-corrected chi connectivity index (χ3v) is 4.02. The normalized spacial score (nSPS) is 13.3. The number of amides is 1. The van der Waals surface area contributed by atoms with E-state index < -0.39 is 0 Å². The fraction of sp³-hybridized carbons (Fsp3) is 0.333. The maximum absolute atomic E-state index is 12.2. The number of benzene rings is 1. The fourth-order valence-electron chi connectivity index (χ4n) is 2.80. The van der Waals surface area contributed by atoms with Crippen LogP contribution in [0.3, 0.4) is 0 Å². The zero-order valence-electron chi connectivity index (χ0n) is 13.6. The van der Waals surface area contributed by atoms with Crippen LogP contribution in [0.25, 0.3) is 0 Å². The second-order valence-electron chi connectivity index (χ2n) is 5.99. The molecule has 1 aromatic carbocycles. The lowest BCUT2D eigenvalue weighted by molar-refractivity contribution is 0.0946. The van der Waals surface area contributed by atoms with Crippen molar-refractivity contribution < 1.29 is 4.79 Å². The Morgan fingerprint density at radius 3 is 2.96 bits per heavy atom. The lowest BCUT2D eigenvalue weighted by Crippen LogP contribution is -2.31. The molecule has 5 heteroatoms. The number of pyridine rings is 1. The van der Waals surface area contributed by atoms with Crippen LogP contribution in [0.2, 0.25) is 0 Å². The Bertz CT molecular complexity index is 699. The lowest BCUT2D eigenvalue weighted by Gasteiger charge is -2.20. The minimum absolute atomic E-state index is 0.124. The van der Waals surface area contributed by atoms with E-state index in [0.717, 1.165) is 25.2 Å². The summed E-state index contributed by atoms with van der Waals surface area (Å²) in [6.07, 6.45) is 2.74. The van der Waals surface area contributed by atoms with Crippen LogP contribution in [0, 0.1) is 0 Å². The fourth-order valence-corrected chi connectivity index (χ4v) is 2.80. The molecule has 120 valence electrons. The Hall–Kier alpha value is -2.40. The van der Waals surface area contributed by atoms with Crippen LogP contribution in [0.4, 0.5) is 11.4 Å². The van der Waals surface area contributed by atoms with Crippen molar-refractivity contribution >= 4 is 17.3 Å². The van der Waals surface area contributed by atoms with E-state index >= 15 is 0 Å². The molecular formula is C18H22N4O. The van der Waals surface area contributed by atoms with Crippen molar-refractivity contribution in [1.29, 1.82) is 0 Å². The maximum Gasteiger partial charge on any atom is 0.269 e. The van der Waals surface area contributed by atoms with Gasteiger partial charge in [0.1, 0.15) is 5.69 Å². The Morgan fingerprint density at radius 1 is 1.30 bits per heavy atom. The lowest BCUT2D eigenvalue weighted by atomic mass is 10.2. The Labute approximate surface area is 136 Å². The van der Waals surface area contributed by atoms with E-state index in [1.807, 2.05) is 37.2 Å². The van der Waals surface area contributed by atoms with Gasteiger partial charge in [-0.2, -0.15) is 0 Å². The van der Waals surface area contributed by atoms with Crippen molar-refractivity contribution in [3.05, 3.63) is 53.9 Å². The highest BCUT2D eigenvalue weighted by molar-refractivity contribution is 5.93. The van der Waals surface area contributed by atoms with Gasteiger partial charge in [0.05, 0.1) is 0 Å². The van der Waals surface area contributed by atoms with Crippen LogP contribution < -0.4 is 10.2 Å². The molecule has 0 unspecified atom stereocenters. The van der Waals surface area contributed by atoms with E-state index in [1.54, 1.807) is 6.20 Å². The van der Waals surface area contributed by atoms with E-state index in [1.165, 1.54) is 11.3 Å². The standard InChI is InChI=1S/C18H22N4O/c1-21(2)12-10-20-18(23)16-13-15(7-9-19-16)22-11-8-14-5-3-4-6-17(14)22/h3-7,9,13H,8,10-12H2,1-2H3,(H,20,23). The predicted octanol–water partition coefficient (Wildman–Crippen LogP) is 2.07. The van der Waals surface area contributed by atoms with Crippen LogP contribution in [-0.4, -0.2) is 49.5 Å². The quantitative estimate of drug-likeness (QED) is 0.918. The highest BCUT2D eigenvalue weighted by Gasteiger charge is 2.20. The van der Waals surface area contributed by atoms with Crippen molar-refractivity contribution in [2.75, 3.05) is 38.6 Å². The van der Waals surface area contributed by atoms with E-state index in [4.69, 9.17) is 0 Å². The summed E-state index contributed by atoms with van der Waals surface area (Å²) in [5.74, 6) is -0.124. The van der Waals surface area contributed by atoms with Gasteiger partial charge in [0.25, 0.3) is 5.91 Å². The summed E-state index contributed by atoms with van der Waals surface area (Å²) >= 11 is 0. The van der Waals surface area contributed by atoms with Crippen molar-refractivity contribution in [2.45, 2.75) is 6.42 Å². The van der Waals surface area contributed by atoms with Crippen LogP contribution in [-0.2, 0) is 6.42 Å². The number of likely N-dealkylation sites (N-methyl/N-ethyl adjacent to an activating group) is 1. The average Bonchev–Trinajstić information content (AvgIpc) is 2.98. The van der Waals surface area contributed by atoms with E-state index in [9.17, 15) is 4.79 Å². The molecular weight excluding hydrogens is 288 g/mol. The van der Waals surface area contributed by atoms with Gasteiger partial charge in [-0.05, 0) is 44.3 Å². The number of para-hydroxylation sites is 1. The van der Waals surface area contributed by atoms with Crippen LogP contribution >= 0.6 is 0 Å². The summed E-state index contributed by atoms with van der Waals surface area (Å²) in [7, 11) is 3.96. The minimum Gasteiger partial charge on any atom is -0.349 e. The summed E-state index contributed by atoms with van der Waals surface area (Å²) in [4.78, 5) is 20.7. The summed E-state index contributed by atoms with van der Waals surface area (Å²) < 4.78 is 0. The van der Waals surface area contributed by atoms with Gasteiger partial charge in [0, 0.05) is 37.2 Å². The number of rotatable bonds is 5. The molecule has 1 aromatic heterocycles. The summed E-state index contributed by atoms with van der Waals surface area (Å²) in [5.41, 5.74) is 4.05. The van der Waals surface area contributed by atoms with Crippen molar-refractivity contribution in [1.82, 2.24) is 15.2 Å². The average molecular weight is 310 g/mol. The van der Waals surface area contributed by atoms with Gasteiger partial charge >= 0.3 is 0 Å². The molecule has 0 fully saturated rings. The first-order valence-corrected chi connectivity index (χ1v) is 7.89. The van der Waals surface area contributed by atoms with Gasteiger partial charge in [0.15, 0.2) is 0 Å². The Kier molecular flexibility index (Phi) is 4.57. The molecule has 3 rings (SSSR count). The number of aromatic nitrogens is 1. The monoisotopic (exact) mass is 310 g/mol. The van der Waals surface area contributed by atoms with Crippen LogP contribution in [0.5, 0.6) is 0 Å². The molecule has 0 saturated carbocycles. The van der Waals surface area contributed by atoms with Gasteiger partial charge in [-0.3, -0.25) is 9.78 Å². The SMILES string of the molecule is CN(C)CCNC(=O)c1cc(N2CCc3ccccc32)ccn1. The molecule has 1 aliphatic heterocycles. The van der Waals surface area contributed by atoms with Gasteiger partial charge in [-0.1, -0.05) is 18.2 Å². The second-order valence-corrected chi connectivity index (χ2v) is 5.99. The van der Waals surface area contributed by atoms with Crippen molar-refractivity contribution in [3.8, 4) is 0 Å². The molecule has 2 aromatic rings. The molecule has 0 bridgehead atoms. The highest BCUT2D eigenvalue weighted by atomic mass is 16.1. The zero-order chi connectivity index (χ0) is 16.2. The maximum atomic E-state index is 12.2. The predicted molar refractivity (Wildman–Crippen MR) is 92.3 cm³/mol. The molecule has 23 heavy (non-hydrogen) atoms. The summed E-state index contributed by atoms with van der Waals surface area (Å²) in [6.45, 7) is 2.36. The van der Waals surface area contributed by atoms with Crippen LogP contribution in [0.1, 0.15) is 16.1 Å². The molecule has 0 atom stereocenters. The molecule has 0 saturated heterocycles. The number of hydrogen-bond donors (Lipinski definition) is 1. The molecule has 0 radical (unpaired) electrons. The molecule has 2 heterocycles. The smallest absolute Gasteiger partial charge is 0.269 e. The van der Waals surface area contributed by atoms with E-state index in [-0.39, 0.29) is 5.91 Å². The first-order chi connectivity index (χ1) is 11.1. The summed E-state index contributed by atoms with van der Waals surface area (Å²) in [6, 6.07) is 12.2. The molecule has 1 amide bonds. The Balaban J connectivity index is 1.75. The van der Waals surface area contributed by atoms with Gasteiger partial charge in [-0.15, -0.1) is 0 Å². The number of hydrogen-bond acceptors (Lipinski definition) is 4. The van der Waals surface area contributed by atoms with Crippen LogP contribution in [0.15, 0.2) is 42.6 Å².